The van der Waals surface area contributed by atoms with E-state index >= 15 is 0 Å². The van der Waals surface area contributed by atoms with Crippen LogP contribution in [-0.4, -0.2) is 70.1 Å². The van der Waals surface area contributed by atoms with Crippen LogP contribution in [0.2, 0.25) is 0 Å². The summed E-state index contributed by atoms with van der Waals surface area (Å²) in [7, 11) is 3.51. The third-order valence-electron chi connectivity index (χ3n) is 4.57. The molecule has 2 aromatic heterocycles. The fourth-order valence-corrected chi connectivity index (χ4v) is 3.15. The Labute approximate surface area is 153 Å². The van der Waals surface area contributed by atoms with Crippen molar-refractivity contribution in [3.05, 3.63) is 29.7 Å². The zero-order chi connectivity index (χ0) is 18.8. The number of hydrogen-bond acceptors (Lipinski definition) is 4. The summed E-state index contributed by atoms with van der Waals surface area (Å²) in [4.78, 5) is 27.9. The van der Waals surface area contributed by atoms with Gasteiger partial charge in [-0.3, -0.25) is 9.20 Å². The van der Waals surface area contributed by atoms with Gasteiger partial charge in [0, 0.05) is 45.8 Å². The van der Waals surface area contributed by atoms with Crippen molar-refractivity contribution in [1.82, 2.24) is 29.7 Å². The standard InChI is InChI=1S/C18H26N6O2/c1-12(2)9-19-17(25)14-5-6-15-20-21-16(24(15)11-14)13-7-8-23(10-13)18(26)22(3)4/h5-6,11-13H,7-10H2,1-4H3,(H,19,25). The molecule has 1 atom stereocenters. The van der Waals surface area contributed by atoms with Gasteiger partial charge in [0.2, 0.25) is 0 Å². The van der Waals surface area contributed by atoms with Crippen molar-refractivity contribution in [2.75, 3.05) is 33.7 Å². The Morgan fingerprint density at radius 2 is 2.08 bits per heavy atom. The maximum absolute atomic E-state index is 12.3. The fourth-order valence-electron chi connectivity index (χ4n) is 3.15. The van der Waals surface area contributed by atoms with Crippen LogP contribution >= 0.6 is 0 Å². The smallest absolute Gasteiger partial charge is 0.319 e. The first kappa shape index (κ1) is 18.2. The number of nitrogens with one attached hydrogen (secondary N) is 1. The maximum atomic E-state index is 12.3. The van der Waals surface area contributed by atoms with Crippen LogP contribution in [0.25, 0.3) is 5.65 Å². The summed E-state index contributed by atoms with van der Waals surface area (Å²) >= 11 is 0. The fraction of sp³-hybridized carbons (Fsp3) is 0.556. The summed E-state index contributed by atoms with van der Waals surface area (Å²) in [6, 6.07) is 3.58. The van der Waals surface area contributed by atoms with Crippen LogP contribution < -0.4 is 5.32 Å². The van der Waals surface area contributed by atoms with E-state index in [9.17, 15) is 9.59 Å². The van der Waals surface area contributed by atoms with Gasteiger partial charge < -0.3 is 15.1 Å². The second-order valence-corrected chi connectivity index (χ2v) is 7.42. The molecule has 3 amide bonds. The second kappa shape index (κ2) is 7.31. The van der Waals surface area contributed by atoms with Crippen molar-refractivity contribution in [1.29, 1.82) is 0 Å². The molecule has 1 saturated heterocycles. The topological polar surface area (TPSA) is 82.8 Å². The monoisotopic (exact) mass is 358 g/mol. The summed E-state index contributed by atoms with van der Waals surface area (Å²) < 4.78 is 1.87. The molecule has 0 saturated carbocycles. The highest BCUT2D eigenvalue weighted by Crippen LogP contribution is 2.27. The molecule has 140 valence electrons. The van der Waals surface area contributed by atoms with Gasteiger partial charge in [-0.15, -0.1) is 10.2 Å². The molecule has 0 bridgehead atoms. The predicted octanol–water partition coefficient (Wildman–Crippen LogP) is 1.59. The minimum absolute atomic E-state index is 0.00933. The van der Waals surface area contributed by atoms with Gasteiger partial charge in [0.25, 0.3) is 5.91 Å². The number of hydrogen-bond donors (Lipinski definition) is 1. The molecule has 0 aliphatic carbocycles. The molecule has 3 rings (SSSR count). The number of carbonyl (C=O) groups excluding carboxylic acids is 2. The van der Waals surface area contributed by atoms with Crippen molar-refractivity contribution < 1.29 is 9.59 Å². The Morgan fingerprint density at radius 1 is 1.31 bits per heavy atom. The van der Waals surface area contributed by atoms with Gasteiger partial charge >= 0.3 is 6.03 Å². The largest absolute Gasteiger partial charge is 0.352 e. The number of rotatable bonds is 4. The van der Waals surface area contributed by atoms with Crippen LogP contribution in [0.3, 0.4) is 0 Å². The number of likely N-dealkylation sites (tertiary alicyclic amines) is 1. The van der Waals surface area contributed by atoms with E-state index in [4.69, 9.17) is 0 Å². The van der Waals surface area contributed by atoms with Crippen LogP contribution in [0, 0.1) is 5.92 Å². The molecule has 8 nitrogen and oxygen atoms in total. The highest BCUT2D eigenvalue weighted by molar-refractivity contribution is 5.94. The predicted molar refractivity (Wildman–Crippen MR) is 98.2 cm³/mol. The van der Waals surface area contributed by atoms with Gasteiger partial charge in [-0.1, -0.05) is 13.8 Å². The first-order valence-electron chi connectivity index (χ1n) is 8.96. The first-order chi connectivity index (χ1) is 12.4. The minimum atomic E-state index is -0.101. The van der Waals surface area contributed by atoms with Gasteiger partial charge in [0.15, 0.2) is 5.65 Å². The number of pyridine rings is 1. The molecule has 0 radical (unpaired) electrons. The molecule has 3 heterocycles. The quantitative estimate of drug-likeness (QED) is 0.900. The SMILES string of the molecule is CC(C)CNC(=O)c1ccc2nnc(C3CCN(C(=O)N(C)C)C3)n2c1. The summed E-state index contributed by atoms with van der Waals surface area (Å²) in [5.41, 5.74) is 1.29. The van der Waals surface area contributed by atoms with E-state index in [1.807, 2.05) is 9.30 Å². The Morgan fingerprint density at radius 3 is 2.77 bits per heavy atom. The molecule has 0 aromatic carbocycles. The lowest BCUT2D eigenvalue weighted by atomic mass is 10.1. The third kappa shape index (κ3) is 3.63. The van der Waals surface area contributed by atoms with Crippen molar-refractivity contribution in [3.63, 3.8) is 0 Å². The summed E-state index contributed by atoms with van der Waals surface area (Å²) in [6.07, 6.45) is 2.63. The van der Waals surface area contributed by atoms with E-state index in [-0.39, 0.29) is 17.9 Å². The van der Waals surface area contributed by atoms with E-state index in [1.165, 1.54) is 0 Å². The molecule has 1 fully saturated rings. The van der Waals surface area contributed by atoms with Crippen LogP contribution in [0.5, 0.6) is 0 Å². The molecule has 8 heteroatoms. The van der Waals surface area contributed by atoms with Crippen molar-refractivity contribution in [2.45, 2.75) is 26.2 Å². The lowest BCUT2D eigenvalue weighted by Gasteiger charge is -2.21. The average Bonchev–Trinajstić information content (AvgIpc) is 3.24. The highest BCUT2D eigenvalue weighted by Gasteiger charge is 2.31. The van der Waals surface area contributed by atoms with Gasteiger partial charge in [-0.25, -0.2) is 4.79 Å². The highest BCUT2D eigenvalue weighted by atomic mass is 16.2. The van der Waals surface area contributed by atoms with Crippen LogP contribution in [0.15, 0.2) is 18.3 Å². The summed E-state index contributed by atoms with van der Waals surface area (Å²) in [6.45, 7) is 6.06. The average molecular weight is 358 g/mol. The zero-order valence-electron chi connectivity index (χ0n) is 15.8. The van der Waals surface area contributed by atoms with Crippen LogP contribution in [-0.2, 0) is 0 Å². The second-order valence-electron chi connectivity index (χ2n) is 7.42. The molecule has 1 N–H and O–H groups in total. The maximum Gasteiger partial charge on any atom is 0.319 e. The van der Waals surface area contributed by atoms with E-state index in [2.05, 4.69) is 29.4 Å². The Balaban J connectivity index is 1.81. The number of amides is 3. The Kier molecular flexibility index (Phi) is 5.11. The first-order valence-corrected chi connectivity index (χ1v) is 8.96. The number of fused-ring (bicyclic) bond motifs is 1. The normalized spacial score (nSPS) is 17.1. The number of aromatic nitrogens is 3. The molecule has 1 unspecified atom stereocenters. The zero-order valence-corrected chi connectivity index (χ0v) is 15.8. The lowest BCUT2D eigenvalue weighted by molar-refractivity contribution is 0.0948. The number of carbonyl (C=O) groups is 2. The molecule has 0 spiro atoms. The molecular formula is C18H26N6O2. The van der Waals surface area contributed by atoms with E-state index in [0.717, 1.165) is 12.2 Å². The molecule has 26 heavy (non-hydrogen) atoms. The Bertz CT molecular complexity index is 813. The van der Waals surface area contributed by atoms with Gasteiger partial charge in [-0.2, -0.15) is 0 Å². The third-order valence-corrected chi connectivity index (χ3v) is 4.57. The Hall–Kier alpha value is -2.64. The van der Waals surface area contributed by atoms with Gasteiger partial charge in [0.05, 0.1) is 5.56 Å². The number of urea groups is 1. The van der Waals surface area contributed by atoms with Crippen LogP contribution in [0.4, 0.5) is 4.79 Å². The van der Waals surface area contributed by atoms with E-state index in [0.29, 0.717) is 36.8 Å². The van der Waals surface area contributed by atoms with Crippen molar-refractivity contribution >= 4 is 17.6 Å². The van der Waals surface area contributed by atoms with Crippen molar-refractivity contribution in [3.8, 4) is 0 Å². The molecule has 1 aliphatic heterocycles. The number of nitrogens with zero attached hydrogens (tertiary/aromatic N) is 5. The molecular weight excluding hydrogens is 332 g/mol. The van der Waals surface area contributed by atoms with Gasteiger partial charge in [0.1, 0.15) is 5.82 Å². The molecule has 2 aromatic rings. The minimum Gasteiger partial charge on any atom is -0.352 e. The molecule has 1 aliphatic rings. The van der Waals surface area contributed by atoms with E-state index in [1.54, 1.807) is 37.3 Å². The summed E-state index contributed by atoms with van der Waals surface area (Å²) in [5, 5.41) is 11.5. The van der Waals surface area contributed by atoms with Gasteiger partial charge in [-0.05, 0) is 24.5 Å². The summed E-state index contributed by atoms with van der Waals surface area (Å²) in [5.74, 6) is 1.21. The van der Waals surface area contributed by atoms with Crippen LogP contribution in [0.1, 0.15) is 42.4 Å². The lowest BCUT2D eigenvalue weighted by Crippen LogP contribution is -2.37. The van der Waals surface area contributed by atoms with E-state index < -0.39 is 0 Å². The van der Waals surface area contributed by atoms with Crippen molar-refractivity contribution in [2.24, 2.45) is 5.92 Å².